The van der Waals surface area contributed by atoms with Crippen LogP contribution in [0.5, 0.6) is 0 Å². The van der Waals surface area contributed by atoms with E-state index in [-0.39, 0.29) is 0 Å². The Bertz CT molecular complexity index is 821. The molecule has 2 aromatic heterocycles. The standard InChI is InChI=1S/C21H27N3S2/c1-2-3-4-5-6-7-8-9-14-20(25)24-19-13-11-10-12-17(19)23-21(24)18-15-26-16-22-18/h10-13,15-16H,2-9,14H2,1H3. The maximum atomic E-state index is 5.80. The van der Waals surface area contributed by atoms with Crippen molar-refractivity contribution in [1.29, 1.82) is 0 Å². The van der Waals surface area contributed by atoms with Crippen LogP contribution < -0.4 is 0 Å². The van der Waals surface area contributed by atoms with Crippen molar-refractivity contribution in [1.82, 2.24) is 14.5 Å². The SMILES string of the molecule is CCCCCCCCCCC(=S)n1c(-c2cscn2)nc2ccccc21. The summed E-state index contributed by atoms with van der Waals surface area (Å²) in [7, 11) is 0. The number of fused-ring (bicyclic) bond motifs is 1. The number of thiocarbonyl (C=S) groups is 1. The molecule has 5 heteroatoms. The van der Waals surface area contributed by atoms with Gasteiger partial charge in [0, 0.05) is 5.38 Å². The Morgan fingerprint density at radius 3 is 2.50 bits per heavy atom. The Labute approximate surface area is 165 Å². The van der Waals surface area contributed by atoms with Crippen molar-refractivity contribution < 1.29 is 0 Å². The summed E-state index contributed by atoms with van der Waals surface area (Å²) in [5.41, 5.74) is 4.82. The van der Waals surface area contributed by atoms with E-state index in [0.717, 1.165) is 40.4 Å². The highest BCUT2D eigenvalue weighted by Crippen LogP contribution is 2.25. The Morgan fingerprint density at radius 2 is 1.77 bits per heavy atom. The summed E-state index contributed by atoms with van der Waals surface area (Å²) in [6.45, 7) is 2.26. The molecule has 3 aromatic rings. The van der Waals surface area contributed by atoms with Crippen molar-refractivity contribution >= 4 is 39.6 Å². The van der Waals surface area contributed by atoms with Gasteiger partial charge < -0.3 is 0 Å². The van der Waals surface area contributed by atoms with Gasteiger partial charge in [0.25, 0.3) is 0 Å². The average molecular weight is 386 g/mol. The molecule has 0 spiro atoms. The molecule has 3 nitrogen and oxygen atoms in total. The predicted molar refractivity (Wildman–Crippen MR) is 116 cm³/mol. The highest BCUT2D eigenvalue weighted by molar-refractivity contribution is 7.80. The second kappa shape index (κ2) is 9.93. The van der Waals surface area contributed by atoms with Gasteiger partial charge in [0.05, 0.1) is 21.5 Å². The van der Waals surface area contributed by atoms with Crippen LogP contribution in [0.3, 0.4) is 0 Å². The number of benzene rings is 1. The first-order valence-corrected chi connectivity index (χ1v) is 11.1. The molecule has 0 fully saturated rings. The first kappa shape index (κ1) is 19.2. The minimum Gasteiger partial charge on any atom is -0.285 e. The Morgan fingerprint density at radius 1 is 1.04 bits per heavy atom. The first-order valence-electron chi connectivity index (χ1n) is 9.70. The summed E-state index contributed by atoms with van der Waals surface area (Å²) >= 11 is 7.39. The smallest absolute Gasteiger partial charge is 0.165 e. The monoisotopic (exact) mass is 385 g/mol. The fourth-order valence-electron chi connectivity index (χ4n) is 3.30. The zero-order chi connectivity index (χ0) is 18.2. The minimum absolute atomic E-state index is 0.872. The van der Waals surface area contributed by atoms with E-state index in [1.807, 2.05) is 29.1 Å². The van der Waals surface area contributed by atoms with Gasteiger partial charge in [-0.05, 0) is 25.0 Å². The Kier molecular flexibility index (Phi) is 7.32. The van der Waals surface area contributed by atoms with E-state index in [1.165, 1.54) is 44.9 Å². The second-order valence-corrected chi connectivity index (χ2v) is 7.94. The van der Waals surface area contributed by atoms with Crippen molar-refractivity contribution in [2.75, 3.05) is 0 Å². The van der Waals surface area contributed by atoms with Crippen LogP contribution in [-0.2, 0) is 0 Å². The third-order valence-corrected chi connectivity index (χ3v) is 5.69. The van der Waals surface area contributed by atoms with Crippen LogP contribution >= 0.6 is 23.6 Å². The summed E-state index contributed by atoms with van der Waals surface area (Å²) in [5, 5.41) is 2.04. The molecule has 0 N–H and O–H groups in total. The molecule has 3 rings (SSSR count). The molecule has 1 aromatic carbocycles. The lowest BCUT2D eigenvalue weighted by atomic mass is 10.1. The largest absolute Gasteiger partial charge is 0.285 e. The lowest BCUT2D eigenvalue weighted by Crippen LogP contribution is -2.10. The number of hydrogen-bond acceptors (Lipinski definition) is 4. The minimum atomic E-state index is 0.872. The molecule has 0 saturated heterocycles. The zero-order valence-electron chi connectivity index (χ0n) is 15.5. The number of imidazole rings is 1. The van der Waals surface area contributed by atoms with Gasteiger partial charge in [0.15, 0.2) is 5.82 Å². The summed E-state index contributed by atoms with van der Waals surface area (Å²) in [4.78, 5) is 10.2. The molecule has 0 aliphatic heterocycles. The number of unbranched alkanes of at least 4 members (excludes halogenated alkanes) is 7. The molecule has 0 amide bonds. The van der Waals surface area contributed by atoms with Crippen LogP contribution in [0, 0.1) is 0 Å². The normalized spacial score (nSPS) is 11.3. The average Bonchev–Trinajstić information content (AvgIpc) is 3.31. The van der Waals surface area contributed by atoms with Crippen LogP contribution in [0.1, 0.15) is 64.7 Å². The van der Waals surface area contributed by atoms with E-state index < -0.39 is 0 Å². The third-order valence-electron chi connectivity index (χ3n) is 4.72. The van der Waals surface area contributed by atoms with E-state index in [4.69, 9.17) is 17.2 Å². The molecule has 138 valence electrons. The van der Waals surface area contributed by atoms with Gasteiger partial charge in [-0.25, -0.2) is 9.97 Å². The van der Waals surface area contributed by atoms with E-state index in [9.17, 15) is 0 Å². The van der Waals surface area contributed by atoms with E-state index >= 15 is 0 Å². The molecule has 26 heavy (non-hydrogen) atoms. The molecule has 0 aliphatic rings. The molecular weight excluding hydrogens is 358 g/mol. The molecule has 0 unspecified atom stereocenters. The Hall–Kier alpha value is -1.59. The topological polar surface area (TPSA) is 30.7 Å². The van der Waals surface area contributed by atoms with Crippen molar-refractivity contribution in [3.8, 4) is 11.5 Å². The zero-order valence-corrected chi connectivity index (χ0v) is 17.1. The van der Waals surface area contributed by atoms with Gasteiger partial charge in [-0.1, -0.05) is 76.2 Å². The fraction of sp³-hybridized carbons (Fsp3) is 0.476. The number of rotatable bonds is 10. The number of thiazole rings is 1. The Balaban J connectivity index is 1.62. The molecule has 0 atom stereocenters. The molecule has 0 bridgehead atoms. The van der Waals surface area contributed by atoms with Crippen LogP contribution in [0.4, 0.5) is 0 Å². The fourth-order valence-corrected chi connectivity index (χ4v) is 4.15. The van der Waals surface area contributed by atoms with E-state index in [1.54, 1.807) is 11.3 Å². The van der Waals surface area contributed by atoms with Crippen LogP contribution in [0.15, 0.2) is 35.2 Å². The van der Waals surface area contributed by atoms with Crippen molar-refractivity contribution in [2.24, 2.45) is 0 Å². The molecular formula is C21H27N3S2. The summed E-state index contributed by atoms with van der Waals surface area (Å²) < 4.78 is 2.13. The van der Waals surface area contributed by atoms with E-state index in [2.05, 4.69) is 22.5 Å². The van der Waals surface area contributed by atoms with Crippen LogP contribution in [-0.4, -0.2) is 19.5 Å². The van der Waals surface area contributed by atoms with Crippen molar-refractivity contribution in [3.63, 3.8) is 0 Å². The van der Waals surface area contributed by atoms with Gasteiger partial charge in [0.1, 0.15) is 5.69 Å². The van der Waals surface area contributed by atoms with Gasteiger partial charge >= 0.3 is 0 Å². The van der Waals surface area contributed by atoms with E-state index in [0.29, 0.717) is 0 Å². The summed E-state index contributed by atoms with van der Waals surface area (Å²) in [6.07, 6.45) is 11.4. The van der Waals surface area contributed by atoms with Crippen LogP contribution in [0.25, 0.3) is 22.6 Å². The van der Waals surface area contributed by atoms with Gasteiger partial charge in [-0.15, -0.1) is 11.3 Å². The second-order valence-electron chi connectivity index (χ2n) is 6.75. The number of aromatic nitrogens is 3. The van der Waals surface area contributed by atoms with Crippen LogP contribution in [0.2, 0.25) is 0 Å². The molecule has 0 aliphatic carbocycles. The van der Waals surface area contributed by atoms with Gasteiger partial charge in [-0.2, -0.15) is 0 Å². The van der Waals surface area contributed by atoms with Crippen molar-refractivity contribution in [3.05, 3.63) is 35.2 Å². The lowest BCUT2D eigenvalue weighted by molar-refractivity contribution is 0.580. The molecule has 0 radical (unpaired) electrons. The third kappa shape index (κ3) is 4.77. The predicted octanol–water partition coefficient (Wildman–Crippen LogP) is 6.87. The van der Waals surface area contributed by atoms with Crippen molar-refractivity contribution in [2.45, 2.75) is 64.7 Å². The first-order chi connectivity index (χ1) is 12.8. The maximum Gasteiger partial charge on any atom is 0.165 e. The number of nitrogens with zero attached hydrogens (tertiary/aromatic N) is 3. The highest BCUT2D eigenvalue weighted by Gasteiger charge is 2.16. The van der Waals surface area contributed by atoms with Gasteiger partial charge in [-0.3, -0.25) is 4.57 Å². The summed E-state index contributed by atoms with van der Waals surface area (Å²) in [6, 6.07) is 8.20. The highest BCUT2D eigenvalue weighted by atomic mass is 32.1. The quantitative estimate of drug-likeness (QED) is 0.282. The summed E-state index contributed by atoms with van der Waals surface area (Å²) in [5.74, 6) is 0.872. The number of para-hydroxylation sites is 2. The van der Waals surface area contributed by atoms with Gasteiger partial charge in [0.2, 0.25) is 0 Å². The maximum absolute atomic E-state index is 5.80. The number of hydrogen-bond donors (Lipinski definition) is 0. The molecule has 2 heterocycles. The molecule has 0 saturated carbocycles. The lowest BCUT2D eigenvalue weighted by Gasteiger charge is -2.09.